The molecule has 7 heteroatoms. The van der Waals surface area contributed by atoms with E-state index in [0.29, 0.717) is 23.7 Å². The zero-order chi connectivity index (χ0) is 22.1. The number of benzene rings is 3. The van der Waals surface area contributed by atoms with Crippen LogP contribution in [0.4, 0.5) is 15.8 Å². The SMILES string of the molecule is CN(CC(=O)Nc1ccc(OCc2ccccc2)cc1)CC(=O)Nc1cccc(F)c1. The Hall–Kier alpha value is -3.71. The Kier molecular flexibility index (Phi) is 7.73. The van der Waals surface area contributed by atoms with Crippen molar-refractivity contribution in [1.29, 1.82) is 0 Å². The fraction of sp³-hybridized carbons (Fsp3) is 0.167. The number of nitrogens with zero attached hydrogens (tertiary/aromatic N) is 1. The molecular weight excluding hydrogens is 397 g/mol. The molecule has 2 amide bonds. The number of halogens is 1. The highest BCUT2D eigenvalue weighted by Gasteiger charge is 2.11. The van der Waals surface area contributed by atoms with Gasteiger partial charge in [0.1, 0.15) is 18.2 Å². The molecule has 0 atom stereocenters. The molecule has 0 heterocycles. The maximum Gasteiger partial charge on any atom is 0.238 e. The van der Waals surface area contributed by atoms with Crippen LogP contribution in [0.15, 0.2) is 78.9 Å². The van der Waals surface area contributed by atoms with Gasteiger partial charge in [-0.25, -0.2) is 4.39 Å². The molecule has 3 aromatic carbocycles. The normalized spacial score (nSPS) is 10.5. The van der Waals surface area contributed by atoms with Crippen LogP contribution in [0, 0.1) is 5.82 Å². The number of nitrogens with one attached hydrogen (secondary N) is 2. The van der Waals surface area contributed by atoms with Crippen molar-refractivity contribution in [1.82, 2.24) is 4.90 Å². The van der Waals surface area contributed by atoms with Gasteiger partial charge in [-0.2, -0.15) is 0 Å². The fourth-order valence-corrected chi connectivity index (χ4v) is 2.89. The lowest BCUT2D eigenvalue weighted by Crippen LogP contribution is -2.36. The molecule has 3 aromatic rings. The number of likely N-dealkylation sites (N-methyl/N-ethyl adjacent to an activating group) is 1. The molecule has 0 unspecified atom stereocenters. The highest BCUT2D eigenvalue weighted by atomic mass is 19.1. The van der Waals surface area contributed by atoms with Crippen LogP contribution in [0.25, 0.3) is 0 Å². The zero-order valence-corrected chi connectivity index (χ0v) is 17.2. The zero-order valence-electron chi connectivity index (χ0n) is 17.2. The van der Waals surface area contributed by atoms with Crippen LogP contribution in [0.2, 0.25) is 0 Å². The van der Waals surface area contributed by atoms with E-state index in [0.717, 1.165) is 5.56 Å². The molecule has 0 aliphatic carbocycles. The van der Waals surface area contributed by atoms with Crippen molar-refractivity contribution >= 4 is 23.2 Å². The fourth-order valence-electron chi connectivity index (χ4n) is 2.89. The Morgan fingerprint density at radius 1 is 0.839 bits per heavy atom. The standard InChI is InChI=1S/C24H24FN3O3/c1-28(16-24(30)27-21-9-5-8-19(25)14-21)15-23(29)26-20-10-12-22(13-11-20)31-17-18-6-3-2-4-7-18/h2-14H,15-17H2,1H3,(H,26,29)(H,27,30). The smallest absolute Gasteiger partial charge is 0.238 e. The van der Waals surface area contributed by atoms with E-state index in [9.17, 15) is 14.0 Å². The van der Waals surface area contributed by atoms with Crippen LogP contribution in [-0.4, -0.2) is 36.9 Å². The number of hydrogen-bond donors (Lipinski definition) is 2. The largest absolute Gasteiger partial charge is 0.489 e. The first-order chi connectivity index (χ1) is 15.0. The Morgan fingerprint density at radius 3 is 2.13 bits per heavy atom. The molecule has 31 heavy (non-hydrogen) atoms. The second-order valence-corrected chi connectivity index (χ2v) is 7.08. The van der Waals surface area contributed by atoms with Gasteiger partial charge in [0.15, 0.2) is 0 Å². The Bertz CT molecular complexity index is 1010. The van der Waals surface area contributed by atoms with E-state index in [1.165, 1.54) is 18.2 Å². The Balaban J connectivity index is 1.41. The van der Waals surface area contributed by atoms with E-state index in [1.54, 1.807) is 42.3 Å². The quantitative estimate of drug-likeness (QED) is 0.550. The molecule has 160 valence electrons. The summed E-state index contributed by atoms with van der Waals surface area (Å²) >= 11 is 0. The predicted octanol–water partition coefficient (Wildman–Crippen LogP) is 3.91. The molecule has 0 radical (unpaired) electrons. The van der Waals surface area contributed by atoms with E-state index in [2.05, 4.69) is 10.6 Å². The number of ether oxygens (including phenoxy) is 1. The molecule has 0 aromatic heterocycles. The summed E-state index contributed by atoms with van der Waals surface area (Å²) in [5.41, 5.74) is 2.08. The molecule has 0 saturated heterocycles. The molecule has 3 rings (SSSR count). The van der Waals surface area contributed by atoms with Crippen molar-refractivity contribution in [2.45, 2.75) is 6.61 Å². The molecule has 0 bridgehead atoms. The van der Waals surface area contributed by atoms with Crippen LogP contribution in [-0.2, 0) is 16.2 Å². The van der Waals surface area contributed by atoms with Crippen molar-refractivity contribution in [3.05, 3.63) is 90.2 Å². The van der Waals surface area contributed by atoms with Crippen LogP contribution >= 0.6 is 0 Å². The summed E-state index contributed by atoms with van der Waals surface area (Å²) in [6.45, 7) is 0.494. The van der Waals surface area contributed by atoms with Crippen molar-refractivity contribution in [3.8, 4) is 5.75 Å². The molecule has 2 N–H and O–H groups in total. The molecule has 0 fully saturated rings. The monoisotopic (exact) mass is 421 g/mol. The summed E-state index contributed by atoms with van der Waals surface area (Å²) in [6.07, 6.45) is 0. The van der Waals surface area contributed by atoms with Crippen molar-refractivity contribution in [2.75, 3.05) is 30.8 Å². The summed E-state index contributed by atoms with van der Waals surface area (Å²) < 4.78 is 18.9. The molecular formula is C24H24FN3O3. The van der Waals surface area contributed by atoms with Gasteiger partial charge in [-0.1, -0.05) is 36.4 Å². The van der Waals surface area contributed by atoms with E-state index in [1.807, 2.05) is 30.3 Å². The number of anilines is 2. The van der Waals surface area contributed by atoms with E-state index in [4.69, 9.17) is 4.74 Å². The molecule has 0 saturated carbocycles. The number of carbonyl (C=O) groups is 2. The van der Waals surface area contributed by atoms with Gasteiger partial charge in [0, 0.05) is 11.4 Å². The third kappa shape index (κ3) is 7.56. The lowest BCUT2D eigenvalue weighted by molar-refractivity contribution is -0.119. The van der Waals surface area contributed by atoms with Gasteiger partial charge in [0.05, 0.1) is 13.1 Å². The van der Waals surface area contributed by atoms with E-state index in [-0.39, 0.29) is 24.9 Å². The molecule has 6 nitrogen and oxygen atoms in total. The second-order valence-electron chi connectivity index (χ2n) is 7.08. The minimum absolute atomic E-state index is 0.00377. The van der Waals surface area contributed by atoms with Crippen molar-refractivity contribution in [3.63, 3.8) is 0 Å². The second kappa shape index (κ2) is 10.9. The van der Waals surface area contributed by atoms with Crippen LogP contribution in [0.3, 0.4) is 0 Å². The lowest BCUT2D eigenvalue weighted by Gasteiger charge is -2.16. The maximum atomic E-state index is 13.2. The van der Waals surface area contributed by atoms with Crippen molar-refractivity contribution in [2.24, 2.45) is 0 Å². The van der Waals surface area contributed by atoms with Gasteiger partial charge in [-0.05, 0) is 55.1 Å². The van der Waals surface area contributed by atoms with Gasteiger partial charge >= 0.3 is 0 Å². The number of amides is 2. The minimum Gasteiger partial charge on any atom is -0.489 e. The first-order valence-electron chi connectivity index (χ1n) is 9.78. The molecule has 0 aliphatic heterocycles. The van der Waals surface area contributed by atoms with Crippen molar-refractivity contribution < 1.29 is 18.7 Å². The van der Waals surface area contributed by atoms with Gasteiger partial charge < -0.3 is 15.4 Å². The first-order valence-corrected chi connectivity index (χ1v) is 9.78. The Morgan fingerprint density at radius 2 is 1.48 bits per heavy atom. The van der Waals surface area contributed by atoms with E-state index < -0.39 is 5.82 Å². The summed E-state index contributed by atoms with van der Waals surface area (Å²) in [5.74, 6) is -0.310. The minimum atomic E-state index is -0.429. The Labute approximate surface area is 180 Å². The summed E-state index contributed by atoms with van der Waals surface area (Å²) in [5, 5.41) is 5.39. The van der Waals surface area contributed by atoms with Crippen LogP contribution in [0.5, 0.6) is 5.75 Å². The summed E-state index contributed by atoms with van der Waals surface area (Å²) in [7, 11) is 1.66. The summed E-state index contributed by atoms with van der Waals surface area (Å²) in [4.78, 5) is 25.9. The highest BCUT2D eigenvalue weighted by Crippen LogP contribution is 2.17. The third-order valence-electron chi connectivity index (χ3n) is 4.32. The number of carbonyl (C=O) groups excluding carboxylic acids is 2. The van der Waals surface area contributed by atoms with Crippen LogP contribution < -0.4 is 15.4 Å². The number of hydrogen-bond acceptors (Lipinski definition) is 4. The lowest BCUT2D eigenvalue weighted by atomic mass is 10.2. The third-order valence-corrected chi connectivity index (χ3v) is 4.32. The van der Waals surface area contributed by atoms with Crippen LogP contribution in [0.1, 0.15) is 5.56 Å². The summed E-state index contributed by atoms with van der Waals surface area (Å²) in [6, 6.07) is 22.6. The van der Waals surface area contributed by atoms with Gasteiger partial charge in [0.2, 0.25) is 11.8 Å². The average molecular weight is 421 g/mol. The predicted molar refractivity (Wildman–Crippen MR) is 118 cm³/mol. The van der Waals surface area contributed by atoms with E-state index >= 15 is 0 Å². The molecule has 0 spiro atoms. The van der Waals surface area contributed by atoms with Gasteiger partial charge in [0.25, 0.3) is 0 Å². The maximum absolute atomic E-state index is 13.2. The van der Waals surface area contributed by atoms with Gasteiger partial charge in [-0.3, -0.25) is 14.5 Å². The average Bonchev–Trinajstić information content (AvgIpc) is 2.73. The molecule has 0 aliphatic rings. The number of rotatable bonds is 9. The first kappa shape index (κ1) is 22.0. The highest BCUT2D eigenvalue weighted by molar-refractivity contribution is 5.94. The topological polar surface area (TPSA) is 70.7 Å². The van der Waals surface area contributed by atoms with Gasteiger partial charge in [-0.15, -0.1) is 0 Å².